The van der Waals surface area contributed by atoms with Crippen molar-refractivity contribution in [1.82, 2.24) is 9.55 Å². The fourth-order valence-electron chi connectivity index (χ4n) is 1.58. The van der Waals surface area contributed by atoms with Crippen molar-refractivity contribution in [2.24, 2.45) is 7.05 Å². The molecule has 1 aromatic heterocycles. The Morgan fingerprint density at radius 3 is 2.62 bits per heavy atom. The molecule has 2 heteroatoms. The maximum absolute atomic E-state index is 4.34. The Bertz CT molecular complexity index is 568. The first-order valence-corrected chi connectivity index (χ1v) is 5.24. The first-order valence-electron chi connectivity index (χ1n) is 5.24. The molecule has 0 unspecified atom stereocenters. The maximum atomic E-state index is 4.34. The van der Waals surface area contributed by atoms with Crippen LogP contribution in [-0.4, -0.2) is 9.55 Å². The van der Waals surface area contributed by atoms with Crippen molar-refractivity contribution in [2.45, 2.75) is 13.8 Å². The van der Waals surface area contributed by atoms with Crippen molar-refractivity contribution in [3.63, 3.8) is 0 Å². The number of rotatable bonds is 0. The molecule has 2 rings (SSSR count). The molecule has 0 atom stereocenters. The fraction of sp³-hybridized carbons (Fsp3) is 0.214. The summed E-state index contributed by atoms with van der Waals surface area (Å²) in [6.07, 6.45) is 1.97. The second-order valence-electron chi connectivity index (χ2n) is 3.94. The molecule has 1 heterocycles. The number of hydrogen-bond donors (Lipinski definition) is 0. The molecule has 0 amide bonds. The van der Waals surface area contributed by atoms with E-state index in [1.807, 2.05) is 36.9 Å². The van der Waals surface area contributed by atoms with Crippen LogP contribution in [0, 0.1) is 25.7 Å². The Kier molecular flexibility index (Phi) is 2.78. The van der Waals surface area contributed by atoms with E-state index in [4.69, 9.17) is 0 Å². The second kappa shape index (κ2) is 4.24. The molecule has 0 aliphatic rings. The molecule has 2 nitrogen and oxygen atoms in total. The Morgan fingerprint density at radius 1 is 1.19 bits per heavy atom. The molecule has 2 aromatic rings. The Balaban J connectivity index is 2.32. The number of aromatic nitrogens is 2. The minimum absolute atomic E-state index is 0.805. The lowest BCUT2D eigenvalue weighted by molar-refractivity contribution is 0.893. The molecule has 80 valence electrons. The summed E-state index contributed by atoms with van der Waals surface area (Å²) in [7, 11) is 1.96. The lowest BCUT2D eigenvalue weighted by Gasteiger charge is -1.93. The maximum Gasteiger partial charge on any atom is 0.185 e. The van der Waals surface area contributed by atoms with Gasteiger partial charge in [-0.05, 0) is 37.5 Å². The molecule has 0 aliphatic heterocycles. The SMILES string of the molecule is Cc1cccc(C#Cc2nc(C)cn2C)c1. The fourth-order valence-corrected chi connectivity index (χ4v) is 1.58. The van der Waals surface area contributed by atoms with E-state index < -0.39 is 0 Å². The van der Waals surface area contributed by atoms with Crippen molar-refractivity contribution in [1.29, 1.82) is 0 Å². The third-order valence-corrected chi connectivity index (χ3v) is 2.33. The van der Waals surface area contributed by atoms with Gasteiger partial charge >= 0.3 is 0 Å². The zero-order chi connectivity index (χ0) is 11.5. The van der Waals surface area contributed by atoms with E-state index in [0.29, 0.717) is 0 Å². The van der Waals surface area contributed by atoms with Crippen LogP contribution in [0.15, 0.2) is 30.5 Å². The summed E-state index contributed by atoms with van der Waals surface area (Å²) in [4.78, 5) is 4.34. The number of benzene rings is 1. The van der Waals surface area contributed by atoms with Gasteiger partial charge in [0.2, 0.25) is 0 Å². The summed E-state index contributed by atoms with van der Waals surface area (Å²) < 4.78 is 1.94. The smallest absolute Gasteiger partial charge is 0.185 e. The van der Waals surface area contributed by atoms with Crippen molar-refractivity contribution < 1.29 is 0 Å². The molecule has 0 radical (unpaired) electrons. The minimum Gasteiger partial charge on any atom is -0.327 e. The van der Waals surface area contributed by atoms with E-state index in [2.05, 4.69) is 35.9 Å². The number of nitrogens with zero attached hydrogens (tertiary/aromatic N) is 2. The molecule has 1 aromatic carbocycles. The number of aryl methyl sites for hydroxylation is 3. The standard InChI is InChI=1S/C14H14N2/c1-11-5-4-6-13(9-11)7-8-14-15-12(2)10-16(14)3/h4-6,9-10H,1-3H3. The van der Waals surface area contributed by atoms with Gasteiger partial charge in [0.25, 0.3) is 0 Å². The van der Waals surface area contributed by atoms with Crippen LogP contribution in [0.5, 0.6) is 0 Å². The quantitative estimate of drug-likeness (QED) is 0.611. The van der Waals surface area contributed by atoms with E-state index >= 15 is 0 Å². The molecule has 0 spiro atoms. The van der Waals surface area contributed by atoms with E-state index in [-0.39, 0.29) is 0 Å². The van der Waals surface area contributed by atoms with Gasteiger partial charge < -0.3 is 4.57 Å². The van der Waals surface area contributed by atoms with Crippen LogP contribution in [0.4, 0.5) is 0 Å². The van der Waals surface area contributed by atoms with Gasteiger partial charge in [0, 0.05) is 18.8 Å². The third-order valence-electron chi connectivity index (χ3n) is 2.33. The van der Waals surface area contributed by atoms with Crippen LogP contribution in [0.25, 0.3) is 0 Å². The van der Waals surface area contributed by atoms with Gasteiger partial charge in [0.05, 0.1) is 5.69 Å². The van der Waals surface area contributed by atoms with Crippen molar-refractivity contribution in [3.8, 4) is 11.8 Å². The van der Waals surface area contributed by atoms with Crippen LogP contribution in [0.3, 0.4) is 0 Å². The van der Waals surface area contributed by atoms with Crippen LogP contribution in [0.1, 0.15) is 22.6 Å². The first-order chi connectivity index (χ1) is 7.65. The summed E-state index contributed by atoms with van der Waals surface area (Å²) in [5, 5.41) is 0. The van der Waals surface area contributed by atoms with Crippen LogP contribution in [-0.2, 0) is 7.05 Å². The van der Waals surface area contributed by atoms with Crippen molar-refractivity contribution in [3.05, 3.63) is 53.1 Å². The molecule has 0 bridgehead atoms. The minimum atomic E-state index is 0.805. The average molecular weight is 210 g/mol. The van der Waals surface area contributed by atoms with Gasteiger partial charge in [0.15, 0.2) is 5.82 Å². The van der Waals surface area contributed by atoms with Crippen LogP contribution in [0.2, 0.25) is 0 Å². The highest BCUT2D eigenvalue weighted by atomic mass is 15.0. The highest BCUT2D eigenvalue weighted by molar-refractivity contribution is 5.40. The zero-order valence-electron chi connectivity index (χ0n) is 9.78. The van der Waals surface area contributed by atoms with Gasteiger partial charge in [-0.25, -0.2) is 4.98 Å². The lowest BCUT2D eigenvalue weighted by Crippen LogP contribution is -1.90. The van der Waals surface area contributed by atoms with E-state index in [1.165, 1.54) is 5.56 Å². The molecule has 0 saturated heterocycles. The largest absolute Gasteiger partial charge is 0.327 e. The topological polar surface area (TPSA) is 17.8 Å². The zero-order valence-corrected chi connectivity index (χ0v) is 9.78. The normalized spacial score (nSPS) is 9.69. The third kappa shape index (κ3) is 2.32. The Labute approximate surface area is 96.0 Å². The molecule has 0 saturated carbocycles. The molecule has 0 N–H and O–H groups in total. The monoisotopic (exact) mass is 210 g/mol. The predicted octanol–water partition coefficient (Wildman–Crippen LogP) is 2.44. The van der Waals surface area contributed by atoms with Crippen LogP contribution < -0.4 is 0 Å². The highest BCUT2D eigenvalue weighted by Gasteiger charge is 1.96. The summed E-state index contributed by atoms with van der Waals surface area (Å²) >= 11 is 0. The van der Waals surface area contributed by atoms with Gasteiger partial charge in [-0.1, -0.05) is 18.1 Å². The molecular weight excluding hydrogens is 196 g/mol. The van der Waals surface area contributed by atoms with Crippen LogP contribution >= 0.6 is 0 Å². The molecule has 0 fully saturated rings. The molecule has 16 heavy (non-hydrogen) atoms. The Morgan fingerprint density at radius 2 is 2.00 bits per heavy atom. The summed E-state index contributed by atoms with van der Waals surface area (Å²) in [5.41, 5.74) is 3.25. The number of hydrogen-bond acceptors (Lipinski definition) is 1. The first kappa shape index (κ1) is 10.5. The molecule has 0 aliphatic carbocycles. The lowest BCUT2D eigenvalue weighted by atomic mass is 10.1. The highest BCUT2D eigenvalue weighted by Crippen LogP contribution is 2.03. The van der Waals surface area contributed by atoms with Crippen molar-refractivity contribution in [2.75, 3.05) is 0 Å². The Hall–Kier alpha value is -2.01. The van der Waals surface area contributed by atoms with Gasteiger partial charge in [-0.2, -0.15) is 0 Å². The van der Waals surface area contributed by atoms with E-state index in [9.17, 15) is 0 Å². The predicted molar refractivity (Wildman–Crippen MR) is 65.1 cm³/mol. The summed E-state index contributed by atoms with van der Waals surface area (Å²) in [6, 6.07) is 8.16. The van der Waals surface area contributed by atoms with E-state index in [0.717, 1.165) is 17.1 Å². The second-order valence-corrected chi connectivity index (χ2v) is 3.94. The average Bonchev–Trinajstić information content (AvgIpc) is 2.54. The summed E-state index contributed by atoms with van der Waals surface area (Å²) in [6.45, 7) is 4.04. The van der Waals surface area contributed by atoms with Crippen molar-refractivity contribution >= 4 is 0 Å². The van der Waals surface area contributed by atoms with Gasteiger partial charge in [0.1, 0.15) is 0 Å². The van der Waals surface area contributed by atoms with E-state index in [1.54, 1.807) is 0 Å². The number of imidazole rings is 1. The van der Waals surface area contributed by atoms with Gasteiger partial charge in [-0.3, -0.25) is 0 Å². The van der Waals surface area contributed by atoms with Gasteiger partial charge in [-0.15, -0.1) is 0 Å². The molecular formula is C14H14N2. The summed E-state index contributed by atoms with van der Waals surface area (Å²) in [5.74, 6) is 7.01.